The lowest BCUT2D eigenvalue weighted by Crippen LogP contribution is -2.32. The molecule has 0 radical (unpaired) electrons. The van der Waals surface area contributed by atoms with Crippen LogP contribution < -0.4 is 20.7 Å². The Hall–Kier alpha value is -4.45. The molecule has 174 valence electrons. The van der Waals surface area contributed by atoms with Crippen LogP contribution in [0, 0.1) is 11.3 Å². The van der Waals surface area contributed by atoms with Crippen LogP contribution in [0.3, 0.4) is 0 Å². The minimum Gasteiger partial charge on any atom is -0.434 e. The number of alkyl halides is 2. The molecule has 0 bridgehead atoms. The number of nitrogens with zero attached hydrogens (tertiary/aromatic N) is 1. The molecular weight excluding hydrogens is 442 g/mol. The second-order valence-electron chi connectivity index (χ2n) is 7.20. The van der Waals surface area contributed by atoms with Crippen LogP contribution in [0.25, 0.3) is 0 Å². The fraction of sp³-hybridized carbons (Fsp3) is 0.160. The minimum absolute atomic E-state index is 0.0104. The molecular formula is C25H22F2N4O3. The molecule has 0 aliphatic rings. The molecule has 0 aliphatic carbocycles. The first-order valence-electron chi connectivity index (χ1n) is 10.4. The maximum atomic E-state index is 12.7. The Morgan fingerprint density at radius 2 is 1.68 bits per heavy atom. The second-order valence-corrected chi connectivity index (χ2v) is 7.20. The summed E-state index contributed by atoms with van der Waals surface area (Å²) >= 11 is 0. The minimum atomic E-state index is -2.98. The Morgan fingerprint density at radius 1 is 0.971 bits per heavy atom. The number of ether oxygens (including phenoxy) is 1. The molecule has 1 unspecified atom stereocenters. The number of nitrogens with one attached hydrogen (secondary N) is 3. The Labute approximate surface area is 195 Å². The average molecular weight is 464 g/mol. The maximum Gasteiger partial charge on any atom is 0.387 e. The fourth-order valence-electron chi connectivity index (χ4n) is 3.30. The van der Waals surface area contributed by atoms with Gasteiger partial charge in [-0.25, -0.2) is 4.79 Å². The zero-order chi connectivity index (χ0) is 24.5. The number of anilines is 2. The van der Waals surface area contributed by atoms with Gasteiger partial charge in [-0.15, -0.1) is 0 Å². The summed E-state index contributed by atoms with van der Waals surface area (Å²) in [6.45, 7) is -1.18. The van der Waals surface area contributed by atoms with Crippen molar-refractivity contribution in [1.82, 2.24) is 5.32 Å². The number of hydrogen-bond acceptors (Lipinski definition) is 4. The summed E-state index contributed by atoms with van der Waals surface area (Å²) < 4.78 is 30.0. The number of urea groups is 1. The lowest BCUT2D eigenvalue weighted by molar-refractivity contribution is -0.0506. The molecule has 0 fully saturated rings. The van der Waals surface area contributed by atoms with Gasteiger partial charge in [0.15, 0.2) is 0 Å². The normalized spacial score (nSPS) is 11.3. The molecule has 7 nitrogen and oxygen atoms in total. The molecule has 0 heterocycles. The van der Waals surface area contributed by atoms with Crippen LogP contribution in [0.2, 0.25) is 0 Å². The highest BCUT2D eigenvalue weighted by Crippen LogP contribution is 2.28. The lowest BCUT2D eigenvalue weighted by Gasteiger charge is -2.21. The Bertz CT molecular complexity index is 1210. The van der Waals surface area contributed by atoms with Gasteiger partial charge in [0.1, 0.15) is 5.75 Å². The van der Waals surface area contributed by atoms with Gasteiger partial charge in [0.2, 0.25) is 0 Å². The molecule has 0 aromatic heterocycles. The summed E-state index contributed by atoms with van der Waals surface area (Å²) in [4.78, 5) is 25.2. The summed E-state index contributed by atoms with van der Waals surface area (Å²) in [5.41, 5.74) is 1.96. The van der Waals surface area contributed by atoms with E-state index < -0.39 is 24.6 Å². The highest BCUT2D eigenvalue weighted by Gasteiger charge is 2.19. The molecule has 3 aromatic rings. The number of halogens is 2. The number of rotatable bonds is 8. The lowest BCUT2D eigenvalue weighted by atomic mass is 10.0. The van der Waals surface area contributed by atoms with Gasteiger partial charge < -0.3 is 20.7 Å². The molecule has 0 aliphatic heterocycles. The Balaban J connectivity index is 1.68. The van der Waals surface area contributed by atoms with Crippen LogP contribution in [-0.4, -0.2) is 18.5 Å². The van der Waals surface area contributed by atoms with Crippen LogP contribution in [-0.2, 0) is 0 Å². The third-order valence-electron chi connectivity index (χ3n) is 4.86. The first-order valence-corrected chi connectivity index (χ1v) is 10.4. The van der Waals surface area contributed by atoms with E-state index in [4.69, 9.17) is 5.26 Å². The highest BCUT2D eigenvalue weighted by molar-refractivity contribution is 6.05. The van der Waals surface area contributed by atoms with Gasteiger partial charge in [0.25, 0.3) is 5.91 Å². The van der Waals surface area contributed by atoms with Crippen molar-refractivity contribution in [2.45, 2.75) is 26.0 Å². The SMILES string of the molecule is CCC(NC(=O)Nc1cccc(C(=O)Nc2cccc(C#N)c2)c1)c1ccccc1OC(F)F. The van der Waals surface area contributed by atoms with E-state index >= 15 is 0 Å². The van der Waals surface area contributed by atoms with Crippen molar-refractivity contribution in [3.8, 4) is 11.8 Å². The molecule has 0 spiro atoms. The van der Waals surface area contributed by atoms with Crippen molar-refractivity contribution in [3.05, 3.63) is 89.5 Å². The smallest absolute Gasteiger partial charge is 0.387 e. The van der Waals surface area contributed by atoms with Crippen LogP contribution in [0.4, 0.5) is 25.0 Å². The molecule has 3 rings (SSSR count). The largest absolute Gasteiger partial charge is 0.434 e. The number of para-hydroxylation sites is 1. The van der Waals surface area contributed by atoms with Crippen LogP contribution in [0.1, 0.15) is 40.9 Å². The van der Waals surface area contributed by atoms with E-state index in [0.29, 0.717) is 34.5 Å². The van der Waals surface area contributed by atoms with Crippen LogP contribution in [0.5, 0.6) is 5.75 Å². The summed E-state index contributed by atoms with van der Waals surface area (Å²) in [5.74, 6) is -0.424. The molecule has 34 heavy (non-hydrogen) atoms. The first-order chi connectivity index (χ1) is 16.4. The monoisotopic (exact) mass is 464 g/mol. The van der Waals surface area contributed by atoms with Crippen LogP contribution >= 0.6 is 0 Å². The van der Waals surface area contributed by atoms with Gasteiger partial charge in [-0.3, -0.25) is 4.79 Å². The van der Waals surface area contributed by atoms with Crippen molar-refractivity contribution in [1.29, 1.82) is 5.26 Å². The third-order valence-corrected chi connectivity index (χ3v) is 4.86. The second kappa shape index (κ2) is 11.4. The number of benzene rings is 3. The molecule has 3 aromatic carbocycles. The van der Waals surface area contributed by atoms with E-state index in [2.05, 4.69) is 20.7 Å². The number of nitriles is 1. The van der Waals surface area contributed by atoms with Crippen molar-refractivity contribution in [3.63, 3.8) is 0 Å². The molecule has 3 N–H and O–H groups in total. The van der Waals surface area contributed by atoms with E-state index in [1.165, 1.54) is 12.1 Å². The zero-order valence-electron chi connectivity index (χ0n) is 18.2. The van der Waals surface area contributed by atoms with Gasteiger partial charge in [0.05, 0.1) is 17.7 Å². The molecule has 3 amide bonds. The predicted octanol–water partition coefficient (Wildman–Crippen LogP) is 5.68. The van der Waals surface area contributed by atoms with Gasteiger partial charge >= 0.3 is 12.6 Å². The van der Waals surface area contributed by atoms with Crippen molar-refractivity contribution < 1.29 is 23.1 Å². The van der Waals surface area contributed by atoms with Gasteiger partial charge in [-0.1, -0.05) is 37.3 Å². The number of amides is 3. The van der Waals surface area contributed by atoms with Crippen LogP contribution in [0.15, 0.2) is 72.8 Å². The standard InChI is InChI=1S/C25H22F2N4O3/c1-2-21(20-11-3-4-12-22(20)34-24(26)27)31-25(33)30-19-10-6-8-17(14-19)23(32)29-18-9-5-7-16(13-18)15-28/h3-14,21,24H,2H2,1H3,(H,29,32)(H2,30,31,33). The molecule has 9 heteroatoms. The number of carbonyl (C=O) groups excluding carboxylic acids is 2. The summed E-state index contributed by atoms with van der Waals surface area (Å²) in [6, 6.07) is 19.9. The van der Waals surface area contributed by atoms with E-state index in [-0.39, 0.29) is 5.75 Å². The van der Waals surface area contributed by atoms with E-state index in [9.17, 15) is 18.4 Å². The molecule has 1 atom stereocenters. The Morgan fingerprint density at radius 3 is 2.38 bits per heavy atom. The quantitative estimate of drug-likeness (QED) is 0.399. The van der Waals surface area contributed by atoms with E-state index in [0.717, 1.165) is 0 Å². The van der Waals surface area contributed by atoms with Crippen molar-refractivity contribution >= 4 is 23.3 Å². The zero-order valence-corrected chi connectivity index (χ0v) is 18.2. The third kappa shape index (κ3) is 6.53. The van der Waals surface area contributed by atoms with E-state index in [1.54, 1.807) is 67.6 Å². The van der Waals surface area contributed by atoms with Crippen molar-refractivity contribution in [2.24, 2.45) is 0 Å². The van der Waals surface area contributed by atoms with Gasteiger partial charge in [-0.05, 0) is 48.9 Å². The summed E-state index contributed by atoms with van der Waals surface area (Å²) in [5, 5.41) is 17.1. The predicted molar refractivity (Wildman–Crippen MR) is 124 cm³/mol. The maximum absolute atomic E-state index is 12.7. The van der Waals surface area contributed by atoms with E-state index in [1.807, 2.05) is 6.07 Å². The summed E-state index contributed by atoms with van der Waals surface area (Å²) in [6.07, 6.45) is 0.432. The van der Waals surface area contributed by atoms with Gasteiger partial charge in [-0.2, -0.15) is 14.0 Å². The van der Waals surface area contributed by atoms with Gasteiger partial charge in [0, 0.05) is 22.5 Å². The first kappa shape index (κ1) is 24.2. The number of hydrogen-bond donors (Lipinski definition) is 3. The molecule has 0 saturated carbocycles. The topological polar surface area (TPSA) is 103 Å². The molecule has 0 saturated heterocycles. The Kier molecular flexibility index (Phi) is 8.13. The highest BCUT2D eigenvalue weighted by atomic mass is 19.3. The number of carbonyl (C=O) groups is 2. The average Bonchev–Trinajstić information content (AvgIpc) is 2.83. The fourth-order valence-corrected chi connectivity index (χ4v) is 3.30. The van der Waals surface area contributed by atoms with Crippen molar-refractivity contribution in [2.75, 3.05) is 10.6 Å². The summed E-state index contributed by atoms with van der Waals surface area (Å²) in [7, 11) is 0.